The van der Waals surface area contributed by atoms with Crippen LogP contribution in [0, 0.1) is 0 Å². The number of carbonyl (C=O) groups is 1. The molecule has 0 aliphatic carbocycles. The molecule has 5 heteroatoms. The highest BCUT2D eigenvalue weighted by atomic mass is 16.4. The van der Waals surface area contributed by atoms with Crippen LogP contribution in [0.3, 0.4) is 0 Å². The first-order chi connectivity index (χ1) is 10.0. The fraction of sp³-hybridized carbons (Fsp3) is 0.375. The van der Waals surface area contributed by atoms with Crippen molar-refractivity contribution in [2.75, 3.05) is 7.05 Å². The lowest BCUT2D eigenvalue weighted by molar-refractivity contribution is -0.142. The Hall–Kier alpha value is -2.14. The first kappa shape index (κ1) is 15.3. The Balaban J connectivity index is 2.31. The van der Waals surface area contributed by atoms with Gasteiger partial charge in [0.1, 0.15) is 6.04 Å². The van der Waals surface area contributed by atoms with E-state index in [-0.39, 0.29) is 0 Å². The molecule has 2 aromatic rings. The van der Waals surface area contributed by atoms with Crippen molar-refractivity contribution in [3.05, 3.63) is 42.1 Å². The summed E-state index contributed by atoms with van der Waals surface area (Å²) in [6, 6.07) is 9.44. The van der Waals surface area contributed by atoms with Crippen LogP contribution in [0.4, 0.5) is 0 Å². The molecular formula is C16H21N3O2. The molecule has 21 heavy (non-hydrogen) atoms. The smallest absolute Gasteiger partial charge is 0.320 e. The highest BCUT2D eigenvalue weighted by Crippen LogP contribution is 2.23. The van der Waals surface area contributed by atoms with Gasteiger partial charge in [-0.15, -0.1) is 0 Å². The number of benzene rings is 1. The van der Waals surface area contributed by atoms with Gasteiger partial charge in [-0.05, 0) is 20.9 Å². The quantitative estimate of drug-likeness (QED) is 0.886. The number of aliphatic carboxylic acids is 1. The highest BCUT2D eigenvalue weighted by Gasteiger charge is 2.19. The van der Waals surface area contributed by atoms with Gasteiger partial charge in [-0.1, -0.05) is 30.3 Å². The molecule has 1 atom stereocenters. The molecule has 1 unspecified atom stereocenters. The molecule has 0 aliphatic rings. The van der Waals surface area contributed by atoms with E-state index in [9.17, 15) is 4.79 Å². The number of nitrogens with zero attached hydrogens (tertiary/aromatic N) is 3. The monoisotopic (exact) mass is 287 g/mol. The van der Waals surface area contributed by atoms with Gasteiger partial charge in [0.05, 0.1) is 5.69 Å². The summed E-state index contributed by atoms with van der Waals surface area (Å²) in [4.78, 5) is 12.9. The van der Waals surface area contributed by atoms with E-state index >= 15 is 0 Å². The first-order valence-electron chi connectivity index (χ1n) is 7.07. The number of aryl methyl sites for hydroxylation is 1. The number of carboxylic acids is 1. The fourth-order valence-corrected chi connectivity index (χ4v) is 2.17. The molecule has 2 rings (SSSR count). The standard InChI is InChI=1S/C16H21N3O2/c1-4-19-11-14(10-18(3)12(2)16(20)21)15(17-19)13-8-6-5-7-9-13/h5-9,11-12H,4,10H2,1-3H3,(H,20,21). The van der Waals surface area contributed by atoms with Crippen LogP contribution >= 0.6 is 0 Å². The minimum absolute atomic E-state index is 0.529. The second kappa shape index (κ2) is 6.54. The molecule has 1 N–H and O–H groups in total. The molecule has 0 amide bonds. The SMILES string of the molecule is CCn1cc(CN(C)C(C)C(=O)O)c(-c2ccccc2)n1. The normalized spacial score (nSPS) is 12.6. The molecule has 0 saturated carbocycles. The Bertz CT molecular complexity index is 607. The van der Waals surface area contributed by atoms with Gasteiger partial charge >= 0.3 is 5.97 Å². The lowest BCUT2D eigenvalue weighted by atomic mass is 10.1. The number of rotatable bonds is 6. The summed E-state index contributed by atoms with van der Waals surface area (Å²) in [6.07, 6.45) is 1.99. The Morgan fingerprint density at radius 1 is 1.38 bits per heavy atom. The zero-order chi connectivity index (χ0) is 15.4. The lowest BCUT2D eigenvalue weighted by Gasteiger charge is -2.20. The maximum absolute atomic E-state index is 11.1. The van der Waals surface area contributed by atoms with E-state index in [2.05, 4.69) is 5.10 Å². The predicted octanol–water partition coefficient (Wildman–Crippen LogP) is 2.47. The van der Waals surface area contributed by atoms with Crippen molar-refractivity contribution in [3.63, 3.8) is 0 Å². The maximum atomic E-state index is 11.1. The molecule has 1 aromatic carbocycles. The average Bonchev–Trinajstić information content (AvgIpc) is 2.90. The van der Waals surface area contributed by atoms with Crippen LogP contribution in [0.25, 0.3) is 11.3 Å². The zero-order valence-electron chi connectivity index (χ0n) is 12.7. The van der Waals surface area contributed by atoms with Crippen LogP contribution < -0.4 is 0 Å². The van der Waals surface area contributed by atoms with Gasteiger partial charge in [0.2, 0.25) is 0 Å². The molecule has 1 aromatic heterocycles. The van der Waals surface area contributed by atoms with E-state index in [0.717, 1.165) is 23.4 Å². The first-order valence-corrected chi connectivity index (χ1v) is 7.07. The van der Waals surface area contributed by atoms with E-state index < -0.39 is 12.0 Å². The number of carboxylic acid groups (broad SMARTS) is 1. The van der Waals surface area contributed by atoms with E-state index in [1.165, 1.54) is 0 Å². The van der Waals surface area contributed by atoms with Gasteiger partial charge in [0.15, 0.2) is 0 Å². The Kier molecular flexibility index (Phi) is 4.75. The van der Waals surface area contributed by atoms with Crippen LogP contribution in [0.1, 0.15) is 19.4 Å². The predicted molar refractivity (Wildman–Crippen MR) is 81.9 cm³/mol. The van der Waals surface area contributed by atoms with Gasteiger partial charge in [-0.3, -0.25) is 14.4 Å². The summed E-state index contributed by atoms with van der Waals surface area (Å²) in [6.45, 7) is 5.07. The van der Waals surface area contributed by atoms with E-state index in [0.29, 0.717) is 6.54 Å². The minimum Gasteiger partial charge on any atom is -0.480 e. The van der Waals surface area contributed by atoms with Crippen LogP contribution in [0.15, 0.2) is 36.5 Å². The van der Waals surface area contributed by atoms with Gasteiger partial charge in [0.25, 0.3) is 0 Å². The fourth-order valence-electron chi connectivity index (χ4n) is 2.17. The number of likely N-dealkylation sites (N-methyl/N-ethyl adjacent to an activating group) is 1. The van der Waals surface area contributed by atoms with Crippen molar-refractivity contribution in [1.82, 2.24) is 14.7 Å². The maximum Gasteiger partial charge on any atom is 0.320 e. The van der Waals surface area contributed by atoms with Crippen LogP contribution in [-0.4, -0.2) is 38.8 Å². The minimum atomic E-state index is -0.818. The molecule has 5 nitrogen and oxygen atoms in total. The van der Waals surface area contributed by atoms with Crippen LogP contribution in [0.5, 0.6) is 0 Å². The van der Waals surface area contributed by atoms with Crippen molar-refractivity contribution in [2.24, 2.45) is 0 Å². The second-order valence-electron chi connectivity index (χ2n) is 5.15. The molecule has 0 radical (unpaired) electrons. The summed E-state index contributed by atoms with van der Waals surface area (Å²) < 4.78 is 1.89. The van der Waals surface area contributed by atoms with Gasteiger partial charge in [0, 0.05) is 30.4 Å². The largest absolute Gasteiger partial charge is 0.480 e. The summed E-state index contributed by atoms with van der Waals surface area (Å²) in [7, 11) is 1.82. The molecule has 0 aliphatic heterocycles. The van der Waals surface area contributed by atoms with Crippen molar-refractivity contribution >= 4 is 5.97 Å². The van der Waals surface area contributed by atoms with Crippen LogP contribution in [-0.2, 0) is 17.9 Å². The Morgan fingerprint density at radius 3 is 2.62 bits per heavy atom. The summed E-state index contributed by atoms with van der Waals surface area (Å²) in [5.41, 5.74) is 3.01. The molecule has 112 valence electrons. The summed E-state index contributed by atoms with van der Waals surface area (Å²) in [5, 5.41) is 13.7. The molecule has 1 heterocycles. The number of aromatic nitrogens is 2. The van der Waals surface area contributed by atoms with Crippen molar-refractivity contribution in [3.8, 4) is 11.3 Å². The van der Waals surface area contributed by atoms with Crippen molar-refractivity contribution in [2.45, 2.75) is 33.0 Å². The average molecular weight is 287 g/mol. The summed E-state index contributed by atoms with van der Waals surface area (Å²) >= 11 is 0. The lowest BCUT2D eigenvalue weighted by Crippen LogP contribution is -2.35. The number of hydrogen-bond acceptors (Lipinski definition) is 3. The third kappa shape index (κ3) is 3.49. The molecule has 0 saturated heterocycles. The van der Waals surface area contributed by atoms with E-state index in [4.69, 9.17) is 5.11 Å². The third-order valence-electron chi connectivity index (χ3n) is 3.65. The molecule has 0 bridgehead atoms. The molecule has 0 spiro atoms. The number of hydrogen-bond donors (Lipinski definition) is 1. The third-order valence-corrected chi connectivity index (χ3v) is 3.65. The zero-order valence-corrected chi connectivity index (χ0v) is 12.7. The van der Waals surface area contributed by atoms with Crippen molar-refractivity contribution < 1.29 is 9.90 Å². The molecular weight excluding hydrogens is 266 g/mol. The topological polar surface area (TPSA) is 58.4 Å². The van der Waals surface area contributed by atoms with E-state index in [1.807, 2.05) is 60.1 Å². The van der Waals surface area contributed by atoms with E-state index in [1.54, 1.807) is 6.92 Å². The summed E-state index contributed by atoms with van der Waals surface area (Å²) in [5.74, 6) is -0.818. The van der Waals surface area contributed by atoms with Gasteiger partial charge in [-0.25, -0.2) is 0 Å². The second-order valence-corrected chi connectivity index (χ2v) is 5.15. The molecule has 0 fully saturated rings. The van der Waals surface area contributed by atoms with Crippen LogP contribution in [0.2, 0.25) is 0 Å². The van der Waals surface area contributed by atoms with Gasteiger partial charge in [-0.2, -0.15) is 5.10 Å². The highest BCUT2D eigenvalue weighted by molar-refractivity contribution is 5.73. The van der Waals surface area contributed by atoms with Crippen molar-refractivity contribution in [1.29, 1.82) is 0 Å². The Morgan fingerprint density at radius 2 is 2.05 bits per heavy atom. The van der Waals surface area contributed by atoms with Gasteiger partial charge < -0.3 is 5.11 Å². The Labute approximate surface area is 124 Å².